The summed E-state index contributed by atoms with van der Waals surface area (Å²) in [5.41, 5.74) is 0.241. The summed E-state index contributed by atoms with van der Waals surface area (Å²) in [5, 5.41) is 3.40. The maximum Gasteiger partial charge on any atom is 0.367 e. The van der Waals surface area contributed by atoms with Gasteiger partial charge in [0.2, 0.25) is 5.83 Å². The molecule has 0 unspecified atom stereocenters. The summed E-state index contributed by atoms with van der Waals surface area (Å²) < 4.78 is 21.7. The van der Waals surface area contributed by atoms with Gasteiger partial charge in [-0.2, -0.15) is 4.39 Å². The standard InChI is InChI=1S/C8H8FNO3/c1-2-12-8(11)7(9)5-6-3-4-13-10-6/h3-5H,2H2,1H3/b7-5-. The van der Waals surface area contributed by atoms with Crippen molar-refractivity contribution in [1.29, 1.82) is 0 Å². The fraction of sp³-hybridized carbons (Fsp3) is 0.250. The summed E-state index contributed by atoms with van der Waals surface area (Å²) >= 11 is 0. The van der Waals surface area contributed by atoms with Crippen LogP contribution in [0.1, 0.15) is 12.6 Å². The number of ether oxygens (including phenoxy) is 1. The molecule has 0 aromatic carbocycles. The maximum absolute atomic E-state index is 12.9. The summed E-state index contributed by atoms with van der Waals surface area (Å²) in [6.45, 7) is 1.74. The van der Waals surface area contributed by atoms with Crippen LogP contribution in [-0.2, 0) is 9.53 Å². The van der Waals surface area contributed by atoms with Gasteiger partial charge in [-0.3, -0.25) is 0 Å². The van der Waals surface area contributed by atoms with Crippen LogP contribution in [0.15, 0.2) is 22.7 Å². The van der Waals surface area contributed by atoms with Crippen LogP contribution >= 0.6 is 0 Å². The van der Waals surface area contributed by atoms with E-state index in [0.29, 0.717) is 0 Å². The highest BCUT2D eigenvalue weighted by atomic mass is 19.1. The minimum atomic E-state index is -0.995. The summed E-state index contributed by atoms with van der Waals surface area (Å²) in [6, 6.07) is 1.43. The SMILES string of the molecule is CCOC(=O)/C(F)=C/c1ccon1. The first-order valence-corrected chi connectivity index (χ1v) is 3.68. The number of hydrogen-bond acceptors (Lipinski definition) is 4. The molecule has 1 rings (SSSR count). The highest BCUT2D eigenvalue weighted by Gasteiger charge is 2.09. The highest BCUT2D eigenvalue weighted by Crippen LogP contribution is 2.06. The van der Waals surface area contributed by atoms with Crippen molar-refractivity contribution >= 4 is 12.0 Å². The minimum absolute atomic E-state index is 0.138. The number of esters is 1. The molecule has 0 fully saturated rings. The molecule has 0 saturated carbocycles. The van der Waals surface area contributed by atoms with Gasteiger partial charge in [-0.1, -0.05) is 5.16 Å². The molecule has 0 spiro atoms. The van der Waals surface area contributed by atoms with Gasteiger partial charge in [0.25, 0.3) is 0 Å². The van der Waals surface area contributed by atoms with E-state index in [2.05, 4.69) is 14.4 Å². The Morgan fingerprint density at radius 2 is 2.62 bits per heavy atom. The lowest BCUT2D eigenvalue weighted by molar-refractivity contribution is -0.140. The van der Waals surface area contributed by atoms with Crippen LogP contribution in [0.3, 0.4) is 0 Å². The molecule has 1 aromatic heterocycles. The van der Waals surface area contributed by atoms with Gasteiger partial charge in [-0.15, -0.1) is 0 Å². The van der Waals surface area contributed by atoms with E-state index in [4.69, 9.17) is 0 Å². The van der Waals surface area contributed by atoms with Crippen LogP contribution < -0.4 is 0 Å². The van der Waals surface area contributed by atoms with Crippen LogP contribution in [-0.4, -0.2) is 17.7 Å². The first kappa shape index (κ1) is 9.44. The zero-order valence-electron chi connectivity index (χ0n) is 6.99. The summed E-state index contributed by atoms with van der Waals surface area (Å²) in [4.78, 5) is 10.7. The average Bonchev–Trinajstić information content (AvgIpc) is 2.57. The second-order valence-electron chi connectivity index (χ2n) is 2.14. The van der Waals surface area contributed by atoms with Gasteiger partial charge in [-0.05, 0) is 6.92 Å². The van der Waals surface area contributed by atoms with Crippen molar-refractivity contribution in [2.45, 2.75) is 6.92 Å². The monoisotopic (exact) mass is 185 g/mol. The van der Waals surface area contributed by atoms with E-state index in [9.17, 15) is 9.18 Å². The molecule has 0 aliphatic rings. The van der Waals surface area contributed by atoms with Crippen LogP contribution in [0.4, 0.5) is 4.39 Å². The van der Waals surface area contributed by atoms with E-state index in [1.165, 1.54) is 12.3 Å². The van der Waals surface area contributed by atoms with Crippen LogP contribution in [0.25, 0.3) is 6.08 Å². The molecule has 5 heteroatoms. The van der Waals surface area contributed by atoms with Crippen molar-refractivity contribution in [3.8, 4) is 0 Å². The first-order valence-electron chi connectivity index (χ1n) is 3.68. The Hall–Kier alpha value is -1.65. The third-order valence-corrected chi connectivity index (χ3v) is 1.20. The van der Waals surface area contributed by atoms with Crippen LogP contribution in [0.5, 0.6) is 0 Å². The van der Waals surface area contributed by atoms with Crippen LogP contribution in [0.2, 0.25) is 0 Å². The fourth-order valence-corrected chi connectivity index (χ4v) is 0.685. The third kappa shape index (κ3) is 2.70. The molecule has 0 radical (unpaired) electrons. The quantitative estimate of drug-likeness (QED) is 0.529. The number of hydrogen-bond donors (Lipinski definition) is 0. The molecule has 0 N–H and O–H groups in total. The number of rotatable bonds is 3. The molecule has 0 aliphatic heterocycles. The predicted molar refractivity (Wildman–Crippen MR) is 42.2 cm³/mol. The van der Waals surface area contributed by atoms with Gasteiger partial charge >= 0.3 is 5.97 Å². The van der Waals surface area contributed by atoms with E-state index in [-0.39, 0.29) is 12.3 Å². The number of carbonyl (C=O) groups excluding carboxylic acids is 1. The van der Waals surface area contributed by atoms with E-state index in [1.54, 1.807) is 6.92 Å². The van der Waals surface area contributed by atoms with Gasteiger partial charge in [-0.25, -0.2) is 4.79 Å². The Bertz CT molecular complexity index is 305. The Morgan fingerprint density at radius 3 is 3.15 bits per heavy atom. The molecular formula is C8H8FNO3. The third-order valence-electron chi connectivity index (χ3n) is 1.20. The molecule has 1 heterocycles. The van der Waals surface area contributed by atoms with Crippen molar-refractivity contribution in [1.82, 2.24) is 5.16 Å². The zero-order chi connectivity index (χ0) is 9.68. The van der Waals surface area contributed by atoms with Gasteiger partial charge in [0, 0.05) is 12.1 Å². The summed E-state index contributed by atoms with van der Waals surface area (Å²) in [5.74, 6) is -1.98. The topological polar surface area (TPSA) is 52.3 Å². The van der Waals surface area contributed by atoms with Gasteiger partial charge in [0.05, 0.1) is 6.61 Å². The van der Waals surface area contributed by atoms with Crippen molar-refractivity contribution in [2.75, 3.05) is 6.61 Å². The number of halogens is 1. The largest absolute Gasteiger partial charge is 0.461 e. The van der Waals surface area contributed by atoms with Crippen molar-refractivity contribution in [3.05, 3.63) is 23.9 Å². The Labute approximate surface area is 74.0 Å². The van der Waals surface area contributed by atoms with Crippen molar-refractivity contribution < 1.29 is 18.4 Å². The van der Waals surface area contributed by atoms with E-state index in [0.717, 1.165) is 6.08 Å². The zero-order valence-corrected chi connectivity index (χ0v) is 6.99. The van der Waals surface area contributed by atoms with Gasteiger partial charge in [0.1, 0.15) is 12.0 Å². The molecular weight excluding hydrogens is 177 g/mol. The predicted octanol–water partition coefficient (Wildman–Crippen LogP) is 1.55. The second-order valence-corrected chi connectivity index (χ2v) is 2.14. The van der Waals surface area contributed by atoms with E-state index < -0.39 is 11.8 Å². The van der Waals surface area contributed by atoms with Crippen molar-refractivity contribution in [2.24, 2.45) is 0 Å². The lowest BCUT2D eigenvalue weighted by Crippen LogP contribution is -2.03. The van der Waals surface area contributed by atoms with Gasteiger partial charge in [0.15, 0.2) is 0 Å². The van der Waals surface area contributed by atoms with E-state index in [1.807, 2.05) is 0 Å². The first-order chi connectivity index (χ1) is 6.24. The fourth-order valence-electron chi connectivity index (χ4n) is 0.685. The Balaban J connectivity index is 2.66. The normalized spacial score (nSPS) is 11.4. The van der Waals surface area contributed by atoms with Crippen molar-refractivity contribution in [3.63, 3.8) is 0 Å². The molecule has 4 nitrogen and oxygen atoms in total. The lowest BCUT2D eigenvalue weighted by Gasteiger charge is -1.96. The van der Waals surface area contributed by atoms with Gasteiger partial charge < -0.3 is 9.26 Å². The Morgan fingerprint density at radius 1 is 1.85 bits per heavy atom. The maximum atomic E-state index is 12.9. The molecule has 0 bridgehead atoms. The summed E-state index contributed by atoms with van der Waals surface area (Å²) in [7, 11) is 0. The lowest BCUT2D eigenvalue weighted by atomic mass is 10.3. The smallest absolute Gasteiger partial charge is 0.367 e. The van der Waals surface area contributed by atoms with E-state index >= 15 is 0 Å². The molecule has 70 valence electrons. The summed E-state index contributed by atoms with van der Waals surface area (Å²) in [6.07, 6.45) is 2.23. The molecule has 0 saturated heterocycles. The van der Waals surface area contributed by atoms with Crippen LogP contribution in [0, 0.1) is 0 Å². The molecule has 13 heavy (non-hydrogen) atoms. The molecule has 0 atom stereocenters. The second kappa shape index (κ2) is 4.39. The number of nitrogens with zero attached hydrogens (tertiary/aromatic N) is 1. The molecule has 1 aromatic rings. The number of carbonyl (C=O) groups is 1. The average molecular weight is 185 g/mol. The highest BCUT2D eigenvalue weighted by molar-refractivity contribution is 5.90. The molecule has 0 aliphatic carbocycles. The number of aromatic nitrogens is 1. The minimum Gasteiger partial charge on any atom is -0.461 e. The Kier molecular flexibility index (Phi) is 3.19. The molecule has 0 amide bonds.